The van der Waals surface area contributed by atoms with E-state index in [0.717, 1.165) is 32.4 Å². The Bertz CT molecular complexity index is 184. The maximum absolute atomic E-state index is 11.2. The lowest BCUT2D eigenvalue weighted by Gasteiger charge is -2.08. The SMILES string of the molecule is COCCCC1CNC(C(=O)OC)C1. The molecule has 0 aromatic carbocycles. The Labute approximate surface area is 85.0 Å². The molecule has 0 radical (unpaired) electrons. The van der Waals surface area contributed by atoms with E-state index >= 15 is 0 Å². The highest BCUT2D eigenvalue weighted by molar-refractivity contribution is 5.75. The van der Waals surface area contributed by atoms with Gasteiger partial charge in [0, 0.05) is 13.7 Å². The normalized spacial score (nSPS) is 26.4. The van der Waals surface area contributed by atoms with Gasteiger partial charge in [-0.3, -0.25) is 4.79 Å². The van der Waals surface area contributed by atoms with Crippen molar-refractivity contribution in [3.63, 3.8) is 0 Å². The first-order valence-electron chi connectivity index (χ1n) is 5.08. The molecule has 1 heterocycles. The van der Waals surface area contributed by atoms with Gasteiger partial charge in [0.2, 0.25) is 0 Å². The molecular formula is C10H19NO3. The van der Waals surface area contributed by atoms with Gasteiger partial charge in [0.15, 0.2) is 0 Å². The van der Waals surface area contributed by atoms with Crippen molar-refractivity contribution in [3.05, 3.63) is 0 Å². The fraction of sp³-hybridized carbons (Fsp3) is 0.900. The molecule has 0 bridgehead atoms. The van der Waals surface area contributed by atoms with Crippen LogP contribution in [-0.2, 0) is 14.3 Å². The Morgan fingerprint density at radius 2 is 2.29 bits per heavy atom. The summed E-state index contributed by atoms with van der Waals surface area (Å²) in [6.07, 6.45) is 3.08. The third kappa shape index (κ3) is 3.27. The van der Waals surface area contributed by atoms with Crippen molar-refractivity contribution in [1.29, 1.82) is 0 Å². The van der Waals surface area contributed by atoms with E-state index < -0.39 is 0 Å². The van der Waals surface area contributed by atoms with Crippen molar-refractivity contribution in [2.75, 3.05) is 27.4 Å². The molecule has 14 heavy (non-hydrogen) atoms. The molecule has 1 aliphatic heterocycles. The predicted molar refractivity (Wildman–Crippen MR) is 53.0 cm³/mol. The van der Waals surface area contributed by atoms with Crippen molar-refractivity contribution in [1.82, 2.24) is 5.32 Å². The number of methoxy groups -OCH3 is 2. The minimum absolute atomic E-state index is 0.0902. The van der Waals surface area contributed by atoms with Crippen LogP contribution < -0.4 is 5.32 Å². The molecule has 2 atom stereocenters. The first-order valence-corrected chi connectivity index (χ1v) is 5.08. The molecule has 1 rings (SSSR count). The maximum Gasteiger partial charge on any atom is 0.322 e. The summed E-state index contributed by atoms with van der Waals surface area (Å²) >= 11 is 0. The monoisotopic (exact) mass is 201 g/mol. The quantitative estimate of drug-likeness (QED) is 0.521. The molecule has 0 aliphatic carbocycles. The van der Waals surface area contributed by atoms with Crippen LogP contribution in [0.15, 0.2) is 0 Å². The molecule has 1 fully saturated rings. The summed E-state index contributed by atoms with van der Waals surface area (Å²) < 4.78 is 9.67. The van der Waals surface area contributed by atoms with Crippen molar-refractivity contribution in [2.24, 2.45) is 5.92 Å². The summed E-state index contributed by atoms with van der Waals surface area (Å²) in [5.74, 6) is 0.452. The van der Waals surface area contributed by atoms with Crippen LogP contribution in [0.1, 0.15) is 19.3 Å². The second-order valence-electron chi connectivity index (χ2n) is 3.72. The lowest BCUT2D eigenvalue weighted by Crippen LogP contribution is -2.31. The van der Waals surface area contributed by atoms with E-state index in [0.29, 0.717) is 5.92 Å². The van der Waals surface area contributed by atoms with E-state index in [1.165, 1.54) is 7.11 Å². The largest absolute Gasteiger partial charge is 0.468 e. The number of hydrogen-bond donors (Lipinski definition) is 1. The van der Waals surface area contributed by atoms with Crippen LogP contribution in [-0.4, -0.2) is 39.4 Å². The molecular weight excluding hydrogens is 182 g/mol. The van der Waals surface area contributed by atoms with Crippen LogP contribution in [0, 0.1) is 5.92 Å². The number of carbonyl (C=O) groups excluding carboxylic acids is 1. The predicted octanol–water partition coefficient (Wildman–Crippen LogP) is 0.564. The maximum atomic E-state index is 11.2. The second-order valence-corrected chi connectivity index (χ2v) is 3.72. The fourth-order valence-electron chi connectivity index (χ4n) is 1.87. The number of nitrogens with one attached hydrogen (secondary N) is 1. The summed E-state index contributed by atoms with van der Waals surface area (Å²) in [6, 6.07) is -0.0902. The average Bonchev–Trinajstić information content (AvgIpc) is 2.66. The minimum atomic E-state index is -0.140. The summed E-state index contributed by atoms with van der Waals surface area (Å²) in [7, 11) is 3.15. The Balaban J connectivity index is 2.17. The zero-order valence-electron chi connectivity index (χ0n) is 8.91. The zero-order valence-corrected chi connectivity index (χ0v) is 8.91. The van der Waals surface area contributed by atoms with E-state index in [9.17, 15) is 4.79 Å². The summed E-state index contributed by atoms with van der Waals surface area (Å²) in [5.41, 5.74) is 0. The van der Waals surface area contributed by atoms with Crippen LogP contribution in [0.3, 0.4) is 0 Å². The standard InChI is InChI=1S/C10H19NO3/c1-13-5-3-4-8-6-9(11-7-8)10(12)14-2/h8-9,11H,3-7H2,1-2H3. The molecule has 0 aromatic rings. The lowest BCUT2D eigenvalue weighted by molar-refractivity contribution is -0.142. The van der Waals surface area contributed by atoms with Gasteiger partial charge in [0.25, 0.3) is 0 Å². The first kappa shape index (κ1) is 11.5. The van der Waals surface area contributed by atoms with Gasteiger partial charge in [-0.2, -0.15) is 0 Å². The molecule has 1 aliphatic rings. The van der Waals surface area contributed by atoms with Gasteiger partial charge in [-0.25, -0.2) is 0 Å². The van der Waals surface area contributed by atoms with Crippen LogP contribution in [0.5, 0.6) is 0 Å². The summed E-state index contributed by atoms with van der Waals surface area (Å²) in [4.78, 5) is 11.2. The lowest BCUT2D eigenvalue weighted by atomic mass is 10.0. The van der Waals surface area contributed by atoms with Gasteiger partial charge < -0.3 is 14.8 Å². The number of hydrogen-bond acceptors (Lipinski definition) is 4. The molecule has 0 amide bonds. The van der Waals surface area contributed by atoms with Crippen LogP contribution in [0.2, 0.25) is 0 Å². The Kier molecular flexibility index (Phi) is 4.90. The Hall–Kier alpha value is -0.610. The highest BCUT2D eigenvalue weighted by atomic mass is 16.5. The topological polar surface area (TPSA) is 47.6 Å². The third-order valence-electron chi connectivity index (χ3n) is 2.67. The first-order chi connectivity index (χ1) is 6.77. The Morgan fingerprint density at radius 1 is 1.50 bits per heavy atom. The fourth-order valence-corrected chi connectivity index (χ4v) is 1.87. The molecule has 0 spiro atoms. The van der Waals surface area contributed by atoms with Crippen molar-refractivity contribution in [2.45, 2.75) is 25.3 Å². The number of carbonyl (C=O) groups is 1. The van der Waals surface area contributed by atoms with Gasteiger partial charge in [0.05, 0.1) is 7.11 Å². The molecule has 4 heteroatoms. The highest BCUT2D eigenvalue weighted by Crippen LogP contribution is 2.19. The second kappa shape index (κ2) is 5.98. The molecule has 2 unspecified atom stereocenters. The van der Waals surface area contributed by atoms with Crippen molar-refractivity contribution < 1.29 is 14.3 Å². The van der Waals surface area contributed by atoms with Crippen LogP contribution in [0.4, 0.5) is 0 Å². The van der Waals surface area contributed by atoms with E-state index in [4.69, 9.17) is 4.74 Å². The van der Waals surface area contributed by atoms with Gasteiger partial charge in [-0.1, -0.05) is 0 Å². The molecule has 0 aromatic heterocycles. The minimum Gasteiger partial charge on any atom is -0.468 e. The van der Waals surface area contributed by atoms with Gasteiger partial charge >= 0.3 is 5.97 Å². The summed E-state index contributed by atoms with van der Waals surface area (Å²) in [6.45, 7) is 1.73. The van der Waals surface area contributed by atoms with E-state index in [-0.39, 0.29) is 12.0 Å². The Morgan fingerprint density at radius 3 is 2.93 bits per heavy atom. The number of rotatable bonds is 5. The molecule has 1 N–H and O–H groups in total. The molecule has 0 saturated carbocycles. The molecule has 82 valence electrons. The summed E-state index contributed by atoms with van der Waals surface area (Å²) in [5, 5.41) is 3.17. The highest BCUT2D eigenvalue weighted by Gasteiger charge is 2.29. The van der Waals surface area contributed by atoms with Gasteiger partial charge in [-0.15, -0.1) is 0 Å². The van der Waals surface area contributed by atoms with E-state index in [1.807, 2.05) is 0 Å². The van der Waals surface area contributed by atoms with Gasteiger partial charge in [0.1, 0.15) is 6.04 Å². The third-order valence-corrected chi connectivity index (χ3v) is 2.67. The molecule has 1 saturated heterocycles. The van der Waals surface area contributed by atoms with Crippen LogP contribution in [0.25, 0.3) is 0 Å². The van der Waals surface area contributed by atoms with Crippen LogP contribution >= 0.6 is 0 Å². The number of esters is 1. The van der Waals surface area contributed by atoms with E-state index in [2.05, 4.69) is 10.1 Å². The van der Waals surface area contributed by atoms with Crippen molar-refractivity contribution in [3.8, 4) is 0 Å². The smallest absolute Gasteiger partial charge is 0.322 e. The zero-order chi connectivity index (χ0) is 10.4. The average molecular weight is 201 g/mol. The van der Waals surface area contributed by atoms with E-state index in [1.54, 1.807) is 7.11 Å². The van der Waals surface area contributed by atoms with Crippen molar-refractivity contribution >= 4 is 5.97 Å². The van der Waals surface area contributed by atoms with Gasteiger partial charge in [-0.05, 0) is 31.7 Å². The molecule has 4 nitrogen and oxygen atoms in total. The number of ether oxygens (including phenoxy) is 2.